The number of alkyl halides is 9. The van der Waals surface area contributed by atoms with Gasteiger partial charge in [-0.15, -0.1) is 0 Å². The van der Waals surface area contributed by atoms with Gasteiger partial charge in [0, 0.05) is 6.42 Å². The molecule has 0 aliphatic rings. The van der Waals surface area contributed by atoms with Crippen LogP contribution >= 0.6 is 7.92 Å². The van der Waals surface area contributed by atoms with Gasteiger partial charge in [0.2, 0.25) is 0 Å². The van der Waals surface area contributed by atoms with Crippen LogP contribution in [0.15, 0.2) is 0 Å². The number of hydrogen-bond donors (Lipinski definition) is 0. The molecular weight excluding hydrogens is 262 g/mol. The van der Waals surface area contributed by atoms with Crippen LogP contribution in [0.4, 0.5) is 39.5 Å². The summed E-state index contributed by atoms with van der Waals surface area (Å²) in [5.74, 6) is -11.3. The first-order valence-corrected chi connectivity index (χ1v) is 4.84. The molecule has 0 aliphatic heterocycles. The molecule has 0 radical (unpaired) electrons. The molecule has 15 heavy (non-hydrogen) atoms. The Bertz CT molecular complexity index is 184. The Labute approximate surface area is 79.2 Å². The summed E-state index contributed by atoms with van der Waals surface area (Å²) >= 11 is 0. The van der Waals surface area contributed by atoms with E-state index in [9.17, 15) is 39.5 Å². The molecule has 0 amide bonds. The van der Waals surface area contributed by atoms with Gasteiger partial charge in [-0.3, -0.25) is 0 Å². The van der Waals surface area contributed by atoms with E-state index >= 15 is 0 Å². The third-order valence-electron chi connectivity index (χ3n) is 1.23. The standard InChI is InChI=1S/C5H4F9P/c6-3(7,8)1-2-15(4(9,10)11)5(12,13)14/h1-2H2. The van der Waals surface area contributed by atoms with E-state index < -0.39 is 38.5 Å². The molecule has 0 unspecified atom stereocenters. The number of hydrogen-bond acceptors (Lipinski definition) is 0. The van der Waals surface area contributed by atoms with Crippen molar-refractivity contribution in [2.75, 3.05) is 6.16 Å². The highest BCUT2D eigenvalue weighted by atomic mass is 31.1. The van der Waals surface area contributed by atoms with Crippen LogP contribution in [0.25, 0.3) is 0 Å². The van der Waals surface area contributed by atoms with Crippen molar-refractivity contribution in [2.45, 2.75) is 24.4 Å². The number of rotatable bonds is 2. The SMILES string of the molecule is FC(F)(F)CCP(C(F)(F)F)C(F)(F)F. The van der Waals surface area contributed by atoms with E-state index in [1.165, 1.54) is 0 Å². The molecule has 0 atom stereocenters. The van der Waals surface area contributed by atoms with E-state index in [0.29, 0.717) is 0 Å². The molecule has 10 heteroatoms. The third-order valence-corrected chi connectivity index (χ3v) is 3.13. The quantitative estimate of drug-likeness (QED) is 0.511. The first-order valence-electron chi connectivity index (χ1n) is 3.32. The molecule has 0 nitrogen and oxygen atoms in total. The molecule has 0 aromatic heterocycles. The van der Waals surface area contributed by atoms with Crippen LogP contribution in [-0.4, -0.2) is 24.2 Å². The summed E-state index contributed by atoms with van der Waals surface area (Å²) < 4.78 is 105. The van der Waals surface area contributed by atoms with Crippen molar-refractivity contribution in [3.63, 3.8) is 0 Å². The fourth-order valence-electron chi connectivity index (χ4n) is 0.636. The van der Waals surface area contributed by atoms with E-state index in [1.807, 2.05) is 0 Å². The minimum atomic E-state index is -5.64. The van der Waals surface area contributed by atoms with Crippen LogP contribution < -0.4 is 0 Å². The summed E-state index contributed by atoms with van der Waals surface area (Å²) in [6.07, 6.45) is -9.07. The molecule has 0 aliphatic carbocycles. The van der Waals surface area contributed by atoms with Crippen LogP contribution in [0.3, 0.4) is 0 Å². The summed E-state index contributed by atoms with van der Waals surface area (Å²) in [6, 6.07) is 0. The van der Waals surface area contributed by atoms with E-state index in [-0.39, 0.29) is 0 Å². The zero-order valence-corrected chi connectivity index (χ0v) is 7.66. The van der Waals surface area contributed by atoms with Gasteiger partial charge in [0.25, 0.3) is 0 Å². The maximum atomic E-state index is 11.7. The predicted molar refractivity (Wildman–Crippen MR) is 34.6 cm³/mol. The smallest absolute Gasteiger partial charge is 0.171 e. The van der Waals surface area contributed by atoms with Gasteiger partial charge in [-0.05, 0) is 6.16 Å². The highest BCUT2D eigenvalue weighted by molar-refractivity contribution is 7.59. The van der Waals surface area contributed by atoms with Crippen molar-refractivity contribution in [1.29, 1.82) is 0 Å². The Kier molecular flexibility index (Phi) is 4.29. The van der Waals surface area contributed by atoms with Crippen molar-refractivity contribution in [3.8, 4) is 0 Å². The molecule has 0 aromatic carbocycles. The lowest BCUT2D eigenvalue weighted by Gasteiger charge is -2.23. The zero-order valence-electron chi connectivity index (χ0n) is 6.76. The van der Waals surface area contributed by atoms with Gasteiger partial charge < -0.3 is 0 Å². The lowest BCUT2D eigenvalue weighted by atomic mass is 10.5. The van der Waals surface area contributed by atoms with Crippen LogP contribution in [0, 0.1) is 0 Å². The molecule has 0 rings (SSSR count). The molecule has 0 bridgehead atoms. The molecule has 0 aromatic rings. The molecule has 0 fully saturated rings. The lowest BCUT2D eigenvalue weighted by molar-refractivity contribution is -0.131. The van der Waals surface area contributed by atoms with Crippen molar-refractivity contribution in [1.82, 2.24) is 0 Å². The van der Waals surface area contributed by atoms with Gasteiger partial charge in [0.05, 0.1) is 0 Å². The summed E-state index contributed by atoms with van der Waals surface area (Å²) in [6.45, 7) is 0. The highest BCUT2D eigenvalue weighted by Crippen LogP contribution is 2.65. The van der Waals surface area contributed by atoms with E-state index in [4.69, 9.17) is 0 Å². The summed E-state index contributed by atoms with van der Waals surface area (Å²) in [5, 5.41) is 0. The second kappa shape index (κ2) is 4.35. The average molecular weight is 266 g/mol. The van der Waals surface area contributed by atoms with E-state index in [2.05, 4.69) is 0 Å². The highest BCUT2D eigenvalue weighted by Gasteiger charge is 2.56. The fraction of sp³-hybridized carbons (Fsp3) is 1.00. The molecule has 0 saturated heterocycles. The Morgan fingerprint density at radius 2 is 1.00 bits per heavy atom. The Morgan fingerprint density at radius 1 is 0.667 bits per heavy atom. The van der Waals surface area contributed by atoms with Gasteiger partial charge >= 0.3 is 18.0 Å². The van der Waals surface area contributed by atoms with Gasteiger partial charge in [-0.2, -0.15) is 39.5 Å². The van der Waals surface area contributed by atoms with Crippen molar-refractivity contribution < 1.29 is 39.5 Å². The van der Waals surface area contributed by atoms with Crippen molar-refractivity contribution in [3.05, 3.63) is 0 Å². The molecule has 0 spiro atoms. The van der Waals surface area contributed by atoms with Gasteiger partial charge in [0.1, 0.15) is 7.92 Å². The molecule has 0 heterocycles. The second-order valence-corrected chi connectivity index (χ2v) is 4.77. The topological polar surface area (TPSA) is 0 Å². The summed E-state index contributed by atoms with van der Waals surface area (Å²) in [7, 11) is -4.63. The first kappa shape index (κ1) is 14.8. The van der Waals surface area contributed by atoms with Gasteiger partial charge in [0.15, 0.2) is 0 Å². The Hall–Kier alpha value is -0.200. The van der Waals surface area contributed by atoms with Gasteiger partial charge in [-0.25, -0.2) is 0 Å². The second-order valence-electron chi connectivity index (χ2n) is 2.45. The summed E-state index contributed by atoms with van der Waals surface area (Å²) in [5.41, 5.74) is 0. The molecular formula is C5H4F9P. The van der Waals surface area contributed by atoms with Crippen LogP contribution in [0.5, 0.6) is 0 Å². The number of halogens is 9. The minimum absolute atomic E-state index is 1.97. The van der Waals surface area contributed by atoms with Crippen molar-refractivity contribution >= 4 is 7.92 Å². The molecule has 92 valence electrons. The predicted octanol–water partition coefficient (Wildman–Crippen LogP) is 4.46. The van der Waals surface area contributed by atoms with Crippen LogP contribution in [0.2, 0.25) is 0 Å². The summed E-state index contributed by atoms with van der Waals surface area (Å²) in [4.78, 5) is 0. The first-order chi connectivity index (χ1) is 6.34. The lowest BCUT2D eigenvalue weighted by Crippen LogP contribution is -2.22. The zero-order chi connectivity index (χ0) is 12.5. The van der Waals surface area contributed by atoms with Gasteiger partial charge in [-0.1, -0.05) is 0 Å². The Balaban J connectivity index is 4.56. The average Bonchev–Trinajstić information content (AvgIpc) is 1.75. The van der Waals surface area contributed by atoms with E-state index in [1.54, 1.807) is 0 Å². The molecule has 0 saturated carbocycles. The maximum Gasteiger partial charge on any atom is 0.413 e. The Morgan fingerprint density at radius 3 is 1.20 bits per heavy atom. The van der Waals surface area contributed by atoms with Crippen LogP contribution in [-0.2, 0) is 0 Å². The van der Waals surface area contributed by atoms with E-state index in [0.717, 1.165) is 0 Å². The largest absolute Gasteiger partial charge is 0.413 e. The molecule has 0 N–H and O–H groups in total. The minimum Gasteiger partial charge on any atom is -0.171 e. The fourth-order valence-corrected chi connectivity index (χ4v) is 1.91. The van der Waals surface area contributed by atoms with Crippen LogP contribution in [0.1, 0.15) is 6.42 Å². The normalized spacial score (nSPS) is 14.8. The maximum absolute atomic E-state index is 11.7. The third kappa shape index (κ3) is 6.06. The van der Waals surface area contributed by atoms with Crippen molar-refractivity contribution in [2.24, 2.45) is 0 Å². The monoisotopic (exact) mass is 266 g/mol.